The molecule has 5 aliphatic carbocycles. The van der Waals surface area contributed by atoms with Gasteiger partial charge in [0.1, 0.15) is 12.2 Å². The molecule has 11 nitrogen and oxygen atoms in total. The van der Waals surface area contributed by atoms with E-state index in [0.717, 1.165) is 25.7 Å². The maximum absolute atomic E-state index is 13.4. The van der Waals surface area contributed by atoms with Crippen LogP contribution in [0.3, 0.4) is 0 Å². The second-order valence-corrected chi connectivity index (χ2v) is 16.7. The summed E-state index contributed by atoms with van der Waals surface area (Å²) < 4.78 is 17.1. The standard InChI is InChI=1S/C38H56Cl2N2O9/c1-2-49-25-10-12-27(29(20-25)37(45)46)35(43)41-33-14-8-22(18-31(33)39)23-9-15-34(32(40)19-23)42-36(44)28-13-11-26(21-30(28)38(47)48)51-17-16-50-24-6-4-3-5-7-24/h1,22-34H,3-21H2,(H,41,43)(H,42,44)(H,45,46)(H,47,48). The molecular weight excluding hydrogens is 699 g/mol. The second kappa shape index (κ2) is 19.2. The van der Waals surface area contributed by atoms with Gasteiger partial charge in [-0.25, -0.2) is 0 Å². The van der Waals surface area contributed by atoms with Gasteiger partial charge >= 0.3 is 11.9 Å². The number of ether oxygens (including phenoxy) is 3. The summed E-state index contributed by atoms with van der Waals surface area (Å²) in [6.45, 7) is 0.938. The van der Waals surface area contributed by atoms with E-state index >= 15 is 0 Å². The van der Waals surface area contributed by atoms with Gasteiger partial charge in [-0.2, -0.15) is 0 Å². The molecule has 51 heavy (non-hydrogen) atoms. The first-order valence-electron chi connectivity index (χ1n) is 19.2. The number of carboxylic acid groups (broad SMARTS) is 2. The summed E-state index contributed by atoms with van der Waals surface area (Å²) in [5.74, 6) is -4.83. The van der Waals surface area contributed by atoms with Crippen molar-refractivity contribution in [2.45, 2.75) is 150 Å². The zero-order valence-electron chi connectivity index (χ0n) is 29.5. The number of nitrogens with one attached hydrogen (secondary N) is 2. The molecule has 286 valence electrons. The minimum absolute atomic E-state index is 0.199. The van der Waals surface area contributed by atoms with Crippen molar-refractivity contribution < 1.29 is 43.6 Å². The van der Waals surface area contributed by atoms with Gasteiger partial charge in [0.15, 0.2) is 0 Å². The number of terminal acetylenes is 1. The highest BCUT2D eigenvalue weighted by Crippen LogP contribution is 2.42. The van der Waals surface area contributed by atoms with Crippen LogP contribution in [-0.4, -0.2) is 88.3 Å². The molecule has 0 aromatic heterocycles. The summed E-state index contributed by atoms with van der Waals surface area (Å²) in [5.41, 5.74) is 0. The van der Waals surface area contributed by atoms with Crippen LogP contribution in [0.5, 0.6) is 0 Å². The molecule has 13 heteroatoms. The Morgan fingerprint density at radius 1 is 0.588 bits per heavy atom. The first-order chi connectivity index (χ1) is 24.5. The molecule has 0 bridgehead atoms. The van der Waals surface area contributed by atoms with E-state index in [0.29, 0.717) is 88.9 Å². The molecule has 0 saturated heterocycles. The van der Waals surface area contributed by atoms with Crippen LogP contribution < -0.4 is 10.6 Å². The highest BCUT2D eigenvalue weighted by atomic mass is 35.5. The van der Waals surface area contributed by atoms with Crippen LogP contribution in [0.4, 0.5) is 0 Å². The summed E-state index contributed by atoms with van der Waals surface area (Å²) in [7, 11) is 0. The van der Waals surface area contributed by atoms with Crippen LogP contribution in [0.1, 0.15) is 109 Å². The summed E-state index contributed by atoms with van der Waals surface area (Å²) in [4.78, 5) is 50.8. The third kappa shape index (κ3) is 10.9. The van der Waals surface area contributed by atoms with E-state index in [1.165, 1.54) is 19.3 Å². The molecule has 0 heterocycles. The largest absolute Gasteiger partial charge is 0.481 e. The first-order valence-corrected chi connectivity index (χ1v) is 20.1. The van der Waals surface area contributed by atoms with Crippen LogP contribution in [-0.2, 0) is 33.4 Å². The molecule has 0 aromatic rings. The van der Waals surface area contributed by atoms with Crippen molar-refractivity contribution in [1.29, 1.82) is 0 Å². The molecule has 2 amide bonds. The molecule has 12 unspecified atom stereocenters. The van der Waals surface area contributed by atoms with Gasteiger partial charge < -0.3 is 35.1 Å². The number of halogens is 2. The zero-order chi connectivity index (χ0) is 36.5. The summed E-state index contributed by atoms with van der Waals surface area (Å²) in [6.07, 6.45) is 20.0. The van der Waals surface area contributed by atoms with Gasteiger partial charge in [-0.15, -0.1) is 23.2 Å². The van der Waals surface area contributed by atoms with Crippen molar-refractivity contribution in [3.05, 3.63) is 0 Å². The molecule has 0 aromatic carbocycles. The van der Waals surface area contributed by atoms with Crippen molar-refractivity contribution >= 4 is 47.0 Å². The molecule has 0 aliphatic heterocycles. The lowest BCUT2D eigenvalue weighted by Crippen LogP contribution is -2.52. The third-order valence-electron chi connectivity index (χ3n) is 12.4. The van der Waals surface area contributed by atoms with Crippen molar-refractivity contribution in [3.8, 4) is 12.5 Å². The molecule has 12 atom stereocenters. The SMILES string of the molecule is C#COC1CCC(C(=O)NC2CCC(C3CCC(NC(=O)C4CCC(OCCOC5CCCCC5)CC4C(=O)O)C(Cl)C3)CC2Cl)C(C(=O)O)C1. The van der Waals surface area contributed by atoms with Gasteiger partial charge in [-0.3, -0.25) is 19.2 Å². The minimum atomic E-state index is -1.03. The number of alkyl halides is 2. The van der Waals surface area contributed by atoms with Gasteiger partial charge in [0.25, 0.3) is 0 Å². The Kier molecular flexibility index (Phi) is 15.0. The van der Waals surface area contributed by atoms with Crippen molar-refractivity contribution in [3.63, 3.8) is 0 Å². The van der Waals surface area contributed by atoms with Crippen molar-refractivity contribution in [1.82, 2.24) is 10.6 Å². The van der Waals surface area contributed by atoms with Crippen LogP contribution in [0.15, 0.2) is 0 Å². The van der Waals surface area contributed by atoms with E-state index in [1.54, 1.807) is 0 Å². The van der Waals surface area contributed by atoms with E-state index in [9.17, 15) is 29.4 Å². The molecule has 4 N–H and O–H groups in total. The number of carboxylic acids is 2. The average molecular weight is 756 g/mol. The smallest absolute Gasteiger partial charge is 0.307 e. The fourth-order valence-corrected chi connectivity index (χ4v) is 10.3. The van der Waals surface area contributed by atoms with Crippen molar-refractivity contribution in [2.75, 3.05) is 13.2 Å². The number of carbonyl (C=O) groups excluding carboxylic acids is 2. The molecule has 5 aliphatic rings. The lowest BCUT2D eigenvalue weighted by molar-refractivity contribution is -0.152. The van der Waals surface area contributed by atoms with Crippen LogP contribution in [0.25, 0.3) is 0 Å². The number of carbonyl (C=O) groups is 4. The Morgan fingerprint density at radius 3 is 1.53 bits per heavy atom. The monoisotopic (exact) mass is 754 g/mol. The fraction of sp³-hybridized carbons (Fsp3) is 0.842. The Morgan fingerprint density at radius 2 is 1.06 bits per heavy atom. The lowest BCUT2D eigenvalue weighted by atomic mass is 9.71. The quantitative estimate of drug-likeness (QED) is 0.108. The van der Waals surface area contributed by atoms with E-state index in [2.05, 4.69) is 16.7 Å². The second-order valence-electron chi connectivity index (χ2n) is 15.6. The normalized spacial score (nSPS) is 37.7. The zero-order valence-corrected chi connectivity index (χ0v) is 31.0. The Balaban J connectivity index is 1.03. The lowest BCUT2D eigenvalue weighted by Gasteiger charge is -2.42. The highest BCUT2D eigenvalue weighted by molar-refractivity contribution is 6.21. The van der Waals surface area contributed by atoms with E-state index in [1.807, 2.05) is 0 Å². The maximum Gasteiger partial charge on any atom is 0.307 e. The number of rotatable bonds is 13. The molecule has 0 radical (unpaired) electrons. The molecule has 5 fully saturated rings. The first kappa shape index (κ1) is 39.9. The third-order valence-corrected chi connectivity index (χ3v) is 13.4. The number of amides is 2. The van der Waals surface area contributed by atoms with Gasteiger partial charge in [0.2, 0.25) is 11.8 Å². The van der Waals surface area contributed by atoms with E-state index in [-0.39, 0.29) is 53.3 Å². The Bertz CT molecular complexity index is 1240. The van der Waals surface area contributed by atoms with Gasteiger partial charge in [-0.05, 0) is 102 Å². The van der Waals surface area contributed by atoms with Gasteiger partial charge in [0.05, 0.1) is 59.8 Å². The molecular formula is C38H56Cl2N2O9. The number of hydrogen-bond acceptors (Lipinski definition) is 7. The van der Waals surface area contributed by atoms with Gasteiger partial charge in [0, 0.05) is 12.1 Å². The van der Waals surface area contributed by atoms with Crippen LogP contribution >= 0.6 is 23.2 Å². The topological polar surface area (TPSA) is 160 Å². The Labute approximate surface area is 311 Å². The number of aliphatic carboxylic acids is 2. The predicted octanol–water partition coefficient (Wildman–Crippen LogP) is 5.48. The highest BCUT2D eigenvalue weighted by Gasteiger charge is 2.44. The van der Waals surface area contributed by atoms with Crippen molar-refractivity contribution in [2.24, 2.45) is 35.5 Å². The van der Waals surface area contributed by atoms with E-state index < -0.39 is 35.6 Å². The molecule has 5 rings (SSSR count). The maximum atomic E-state index is 13.4. The summed E-state index contributed by atoms with van der Waals surface area (Å²) in [6, 6.07) is -0.481. The van der Waals surface area contributed by atoms with E-state index in [4.69, 9.17) is 43.8 Å². The fourth-order valence-electron chi connectivity index (χ4n) is 9.51. The summed E-state index contributed by atoms with van der Waals surface area (Å²) in [5, 5.41) is 25.4. The minimum Gasteiger partial charge on any atom is -0.481 e. The molecule has 0 spiro atoms. The van der Waals surface area contributed by atoms with Crippen LogP contribution in [0.2, 0.25) is 0 Å². The summed E-state index contributed by atoms with van der Waals surface area (Å²) >= 11 is 13.8. The van der Waals surface area contributed by atoms with Crippen LogP contribution in [0, 0.1) is 48.0 Å². The Hall–Kier alpha value is -2.26. The number of hydrogen-bond donors (Lipinski definition) is 4. The predicted molar refractivity (Wildman–Crippen MR) is 191 cm³/mol. The average Bonchev–Trinajstić information content (AvgIpc) is 3.12. The van der Waals surface area contributed by atoms with Gasteiger partial charge in [-0.1, -0.05) is 25.7 Å². The molecule has 5 saturated carbocycles.